The van der Waals surface area contributed by atoms with Crippen LogP contribution >= 0.6 is 24.0 Å². The van der Waals surface area contributed by atoms with E-state index in [1.165, 1.54) is 12.1 Å². The van der Waals surface area contributed by atoms with Gasteiger partial charge in [-0.15, -0.1) is 24.0 Å². The van der Waals surface area contributed by atoms with Crippen LogP contribution < -0.4 is 10.6 Å². The fourth-order valence-corrected chi connectivity index (χ4v) is 4.21. The molecule has 1 aliphatic heterocycles. The second-order valence-electron chi connectivity index (χ2n) is 8.07. The Hall–Kier alpha value is -1.72. The van der Waals surface area contributed by atoms with Gasteiger partial charge in [-0.25, -0.2) is 9.37 Å². The number of oxazole rings is 1. The molecular weight excluding hydrogens is 536 g/mol. The monoisotopic (exact) mass is 573 g/mol. The number of hydrogen-bond acceptors (Lipinski definition) is 5. The lowest BCUT2D eigenvalue weighted by molar-refractivity contribution is 0.00272. The van der Waals surface area contributed by atoms with Gasteiger partial charge in [0, 0.05) is 51.3 Å². The molecule has 2 heterocycles. The number of morpholine rings is 1. The van der Waals surface area contributed by atoms with Crippen molar-refractivity contribution in [2.75, 3.05) is 46.4 Å². The summed E-state index contributed by atoms with van der Waals surface area (Å²) in [6, 6.07) is 6.60. The molecule has 2 aromatic rings. The van der Waals surface area contributed by atoms with Crippen molar-refractivity contribution in [1.29, 1.82) is 0 Å². The summed E-state index contributed by atoms with van der Waals surface area (Å²) >= 11 is 0. The number of guanidine groups is 1. The maximum atomic E-state index is 13.1. The summed E-state index contributed by atoms with van der Waals surface area (Å²) in [5, 5.41) is 6.89. The molecule has 184 valence electrons. The van der Waals surface area contributed by atoms with E-state index < -0.39 is 0 Å². The Morgan fingerprint density at radius 2 is 1.85 bits per heavy atom. The van der Waals surface area contributed by atoms with E-state index in [-0.39, 0.29) is 29.8 Å². The normalized spacial score (nSPS) is 15.8. The maximum absolute atomic E-state index is 13.1. The van der Waals surface area contributed by atoms with Gasteiger partial charge in [-0.3, -0.25) is 9.89 Å². The third-order valence-electron chi connectivity index (χ3n) is 6.13. The SMILES string of the molecule is CCC(CC)C(CNC(=NC)NCCc1coc(-c2ccc(F)cc2)n1)N1CCOCC1.I. The average molecular weight is 573 g/mol. The van der Waals surface area contributed by atoms with Crippen LogP contribution in [-0.4, -0.2) is 68.3 Å². The highest BCUT2D eigenvalue weighted by Crippen LogP contribution is 2.20. The number of ether oxygens (including phenoxy) is 1. The molecular formula is C24H37FIN5O2. The highest BCUT2D eigenvalue weighted by atomic mass is 127. The molecule has 0 amide bonds. The van der Waals surface area contributed by atoms with Gasteiger partial charge in [0.05, 0.1) is 18.9 Å². The van der Waals surface area contributed by atoms with Crippen LogP contribution in [0.25, 0.3) is 11.5 Å². The summed E-state index contributed by atoms with van der Waals surface area (Å²) in [7, 11) is 1.79. The molecule has 0 saturated carbocycles. The Morgan fingerprint density at radius 3 is 2.48 bits per heavy atom. The first-order valence-electron chi connectivity index (χ1n) is 11.6. The van der Waals surface area contributed by atoms with Crippen LogP contribution in [0.15, 0.2) is 39.9 Å². The molecule has 1 fully saturated rings. The smallest absolute Gasteiger partial charge is 0.226 e. The first-order valence-corrected chi connectivity index (χ1v) is 11.6. The summed E-state index contributed by atoms with van der Waals surface area (Å²) in [6.07, 6.45) is 4.67. The number of aromatic nitrogens is 1. The highest BCUT2D eigenvalue weighted by Gasteiger charge is 2.27. The van der Waals surface area contributed by atoms with Crippen LogP contribution in [-0.2, 0) is 11.2 Å². The molecule has 0 radical (unpaired) electrons. The van der Waals surface area contributed by atoms with Crippen LogP contribution in [0.1, 0.15) is 32.4 Å². The van der Waals surface area contributed by atoms with Gasteiger partial charge in [0.15, 0.2) is 5.96 Å². The minimum Gasteiger partial charge on any atom is -0.444 e. The quantitative estimate of drug-likeness (QED) is 0.255. The van der Waals surface area contributed by atoms with Crippen molar-refractivity contribution in [3.05, 3.63) is 42.0 Å². The van der Waals surface area contributed by atoms with Crippen molar-refractivity contribution in [2.45, 2.75) is 39.2 Å². The molecule has 7 nitrogen and oxygen atoms in total. The van der Waals surface area contributed by atoms with E-state index in [9.17, 15) is 4.39 Å². The van der Waals surface area contributed by atoms with Crippen LogP contribution in [0.5, 0.6) is 0 Å². The number of nitrogens with zero attached hydrogens (tertiary/aromatic N) is 3. The number of rotatable bonds is 10. The number of hydrogen-bond donors (Lipinski definition) is 2. The summed E-state index contributed by atoms with van der Waals surface area (Å²) in [4.78, 5) is 11.4. The maximum Gasteiger partial charge on any atom is 0.226 e. The molecule has 1 unspecified atom stereocenters. The van der Waals surface area contributed by atoms with Gasteiger partial charge in [-0.05, 0) is 30.2 Å². The molecule has 1 aromatic carbocycles. The standard InChI is InChI=1S/C24H36FN5O2.HI/c1-4-18(5-2)22(30-12-14-31-15-13-30)16-28-24(26-3)27-11-10-21-17-32-23(29-21)19-6-8-20(25)9-7-19;/h6-9,17-18,22H,4-5,10-16H2,1-3H3,(H2,26,27,28);1H. The predicted molar refractivity (Wildman–Crippen MR) is 141 cm³/mol. The molecule has 0 aliphatic carbocycles. The van der Waals surface area contributed by atoms with Crippen molar-refractivity contribution < 1.29 is 13.5 Å². The number of halogens is 2. The third-order valence-corrected chi connectivity index (χ3v) is 6.13. The second kappa shape index (κ2) is 14.5. The topological polar surface area (TPSA) is 74.9 Å². The van der Waals surface area contributed by atoms with E-state index in [0.717, 1.165) is 62.9 Å². The van der Waals surface area contributed by atoms with E-state index in [4.69, 9.17) is 9.15 Å². The lowest BCUT2D eigenvalue weighted by atomic mass is 9.92. The van der Waals surface area contributed by atoms with Gasteiger partial charge in [-0.1, -0.05) is 26.7 Å². The Morgan fingerprint density at radius 1 is 1.15 bits per heavy atom. The van der Waals surface area contributed by atoms with Crippen molar-refractivity contribution in [3.63, 3.8) is 0 Å². The third kappa shape index (κ3) is 8.22. The van der Waals surface area contributed by atoms with E-state index in [0.29, 0.717) is 30.8 Å². The van der Waals surface area contributed by atoms with Crippen molar-refractivity contribution in [3.8, 4) is 11.5 Å². The molecule has 9 heteroatoms. The van der Waals surface area contributed by atoms with E-state index in [1.54, 1.807) is 25.4 Å². The van der Waals surface area contributed by atoms with Gasteiger partial charge in [-0.2, -0.15) is 0 Å². The number of benzene rings is 1. The van der Waals surface area contributed by atoms with Crippen LogP contribution in [0, 0.1) is 11.7 Å². The Balaban J connectivity index is 0.00000385. The van der Waals surface area contributed by atoms with Crippen LogP contribution in [0.2, 0.25) is 0 Å². The Labute approximate surface area is 213 Å². The molecule has 0 spiro atoms. The lowest BCUT2D eigenvalue weighted by Gasteiger charge is -2.39. The summed E-state index contributed by atoms with van der Waals surface area (Å²) in [6.45, 7) is 9.66. The fraction of sp³-hybridized carbons (Fsp3) is 0.583. The molecule has 1 aromatic heterocycles. The number of nitrogens with one attached hydrogen (secondary N) is 2. The first kappa shape index (κ1) is 27.5. The van der Waals surface area contributed by atoms with Gasteiger partial charge < -0.3 is 19.8 Å². The van der Waals surface area contributed by atoms with Crippen molar-refractivity contribution >= 4 is 29.9 Å². The van der Waals surface area contributed by atoms with Gasteiger partial charge in [0.25, 0.3) is 0 Å². The van der Waals surface area contributed by atoms with Gasteiger partial charge >= 0.3 is 0 Å². The number of aliphatic imine (C=N–C) groups is 1. The zero-order valence-corrected chi connectivity index (χ0v) is 22.2. The molecule has 2 N–H and O–H groups in total. The van der Waals surface area contributed by atoms with Crippen LogP contribution in [0.4, 0.5) is 4.39 Å². The summed E-state index contributed by atoms with van der Waals surface area (Å²) < 4.78 is 24.2. The van der Waals surface area contributed by atoms with Crippen molar-refractivity contribution in [2.24, 2.45) is 10.9 Å². The average Bonchev–Trinajstić information content (AvgIpc) is 3.30. The Kier molecular flexibility index (Phi) is 12.1. The van der Waals surface area contributed by atoms with E-state index >= 15 is 0 Å². The zero-order valence-electron chi connectivity index (χ0n) is 19.8. The molecule has 33 heavy (non-hydrogen) atoms. The van der Waals surface area contributed by atoms with Gasteiger partial charge in [0.1, 0.15) is 12.1 Å². The molecule has 1 aliphatic rings. The lowest BCUT2D eigenvalue weighted by Crippen LogP contribution is -2.53. The summed E-state index contributed by atoms with van der Waals surface area (Å²) in [5.41, 5.74) is 1.61. The molecule has 0 bridgehead atoms. The summed E-state index contributed by atoms with van der Waals surface area (Å²) in [5.74, 6) is 1.65. The first-order chi connectivity index (χ1) is 15.6. The molecule has 1 atom stereocenters. The predicted octanol–water partition coefficient (Wildman–Crippen LogP) is 3.94. The molecule has 1 saturated heterocycles. The van der Waals surface area contributed by atoms with E-state index in [1.807, 2.05) is 0 Å². The van der Waals surface area contributed by atoms with Crippen molar-refractivity contribution in [1.82, 2.24) is 20.5 Å². The fourth-order valence-electron chi connectivity index (χ4n) is 4.21. The minimum absolute atomic E-state index is 0. The zero-order chi connectivity index (χ0) is 22.8. The van der Waals surface area contributed by atoms with E-state index in [2.05, 4.69) is 39.4 Å². The minimum atomic E-state index is -0.274. The largest absolute Gasteiger partial charge is 0.444 e. The Bertz CT molecular complexity index is 836. The highest BCUT2D eigenvalue weighted by molar-refractivity contribution is 14.0. The molecule has 3 rings (SSSR count). The van der Waals surface area contributed by atoms with Gasteiger partial charge in [0.2, 0.25) is 5.89 Å². The van der Waals surface area contributed by atoms with Crippen LogP contribution in [0.3, 0.4) is 0 Å². The second-order valence-corrected chi connectivity index (χ2v) is 8.07.